The van der Waals surface area contributed by atoms with Crippen molar-refractivity contribution in [2.45, 2.75) is 46.4 Å². The standard InChI is InChI=1S/C18H28N2O4S/c1-14(2)15(3)20(12-16-7-6-10-23-16)13-18-9-8-17(24-18)11-19(4)25(5,21)22/h6-10,14-15H,11-13H2,1-5H3/t15-/m1/s1. The minimum atomic E-state index is -3.22. The zero-order chi connectivity index (χ0) is 18.6. The second-order valence-electron chi connectivity index (χ2n) is 6.86. The van der Waals surface area contributed by atoms with Crippen LogP contribution in [0.2, 0.25) is 0 Å². The van der Waals surface area contributed by atoms with Crippen LogP contribution in [0, 0.1) is 5.92 Å². The Kier molecular flexibility index (Phi) is 6.48. The molecule has 0 unspecified atom stereocenters. The van der Waals surface area contributed by atoms with Gasteiger partial charge in [-0.25, -0.2) is 8.42 Å². The molecule has 0 bridgehead atoms. The molecule has 0 aromatic carbocycles. The molecule has 140 valence electrons. The number of hydrogen-bond donors (Lipinski definition) is 0. The van der Waals surface area contributed by atoms with Gasteiger partial charge in [-0.1, -0.05) is 13.8 Å². The van der Waals surface area contributed by atoms with Crippen molar-refractivity contribution in [3.05, 3.63) is 47.8 Å². The Labute approximate surface area is 150 Å². The third-order valence-corrected chi connectivity index (χ3v) is 5.76. The summed E-state index contributed by atoms with van der Waals surface area (Å²) in [6, 6.07) is 7.95. The van der Waals surface area contributed by atoms with Gasteiger partial charge in [0.2, 0.25) is 10.0 Å². The summed E-state index contributed by atoms with van der Waals surface area (Å²) in [5, 5.41) is 0. The molecule has 25 heavy (non-hydrogen) atoms. The van der Waals surface area contributed by atoms with Gasteiger partial charge in [-0.2, -0.15) is 4.31 Å². The molecule has 0 aliphatic heterocycles. The highest BCUT2D eigenvalue weighted by Gasteiger charge is 2.21. The van der Waals surface area contributed by atoms with Gasteiger partial charge in [0, 0.05) is 13.1 Å². The molecule has 0 saturated heterocycles. The third kappa shape index (κ3) is 5.73. The molecule has 0 N–H and O–H groups in total. The van der Waals surface area contributed by atoms with Crippen LogP contribution in [0.1, 0.15) is 38.1 Å². The van der Waals surface area contributed by atoms with E-state index < -0.39 is 10.0 Å². The predicted octanol–water partition coefficient (Wildman–Crippen LogP) is 3.31. The fraction of sp³-hybridized carbons (Fsp3) is 0.556. The average molecular weight is 368 g/mol. The summed E-state index contributed by atoms with van der Waals surface area (Å²) in [4.78, 5) is 2.30. The maximum absolute atomic E-state index is 11.5. The fourth-order valence-corrected chi connectivity index (χ4v) is 2.86. The van der Waals surface area contributed by atoms with Crippen molar-refractivity contribution in [3.8, 4) is 0 Å². The Bertz CT molecular complexity index is 750. The van der Waals surface area contributed by atoms with Crippen LogP contribution >= 0.6 is 0 Å². The van der Waals surface area contributed by atoms with Crippen LogP contribution in [0.4, 0.5) is 0 Å². The van der Waals surface area contributed by atoms with Crippen LogP contribution in [0.3, 0.4) is 0 Å². The average Bonchev–Trinajstić information content (AvgIpc) is 3.17. The van der Waals surface area contributed by atoms with Crippen LogP contribution in [0.5, 0.6) is 0 Å². The lowest BCUT2D eigenvalue weighted by Crippen LogP contribution is -2.35. The van der Waals surface area contributed by atoms with Crippen molar-refractivity contribution in [2.24, 2.45) is 5.92 Å². The van der Waals surface area contributed by atoms with Crippen LogP contribution in [-0.2, 0) is 29.7 Å². The normalized spacial score (nSPS) is 13.9. The van der Waals surface area contributed by atoms with Crippen LogP contribution in [0.25, 0.3) is 0 Å². The van der Waals surface area contributed by atoms with Crippen molar-refractivity contribution in [1.82, 2.24) is 9.21 Å². The predicted molar refractivity (Wildman–Crippen MR) is 97.3 cm³/mol. The molecule has 2 aromatic rings. The van der Waals surface area contributed by atoms with E-state index in [1.54, 1.807) is 13.3 Å². The Hall–Kier alpha value is -1.57. The van der Waals surface area contributed by atoms with E-state index in [1.165, 1.54) is 10.6 Å². The summed E-state index contributed by atoms with van der Waals surface area (Å²) in [5.41, 5.74) is 0. The molecule has 0 aliphatic rings. The summed E-state index contributed by atoms with van der Waals surface area (Å²) in [5.74, 6) is 2.85. The van der Waals surface area contributed by atoms with E-state index in [9.17, 15) is 8.42 Å². The molecule has 2 heterocycles. The van der Waals surface area contributed by atoms with Gasteiger partial charge in [0.15, 0.2) is 0 Å². The molecular weight excluding hydrogens is 340 g/mol. The summed E-state index contributed by atoms with van der Waals surface area (Å²) in [6.07, 6.45) is 2.87. The van der Waals surface area contributed by atoms with E-state index in [0.717, 1.165) is 11.5 Å². The van der Waals surface area contributed by atoms with Crippen LogP contribution in [-0.4, -0.2) is 37.0 Å². The molecule has 2 aromatic heterocycles. The first-order valence-electron chi connectivity index (χ1n) is 8.42. The lowest BCUT2D eigenvalue weighted by molar-refractivity contribution is 0.129. The number of hydrogen-bond acceptors (Lipinski definition) is 5. The van der Waals surface area contributed by atoms with E-state index in [4.69, 9.17) is 8.83 Å². The molecule has 0 radical (unpaired) electrons. The van der Waals surface area contributed by atoms with E-state index in [1.807, 2.05) is 24.3 Å². The van der Waals surface area contributed by atoms with Gasteiger partial charge in [0.05, 0.1) is 32.2 Å². The first-order chi connectivity index (χ1) is 11.7. The lowest BCUT2D eigenvalue weighted by atomic mass is 10.0. The maximum Gasteiger partial charge on any atom is 0.211 e. The van der Waals surface area contributed by atoms with Crippen molar-refractivity contribution < 1.29 is 17.3 Å². The van der Waals surface area contributed by atoms with E-state index in [2.05, 4.69) is 25.7 Å². The van der Waals surface area contributed by atoms with Crippen molar-refractivity contribution in [1.29, 1.82) is 0 Å². The Morgan fingerprint density at radius 1 is 1.00 bits per heavy atom. The van der Waals surface area contributed by atoms with Crippen molar-refractivity contribution in [3.63, 3.8) is 0 Å². The Balaban J connectivity index is 2.08. The summed E-state index contributed by atoms with van der Waals surface area (Å²) in [6.45, 7) is 8.14. The van der Waals surface area contributed by atoms with Crippen LogP contribution in [0.15, 0.2) is 39.4 Å². The van der Waals surface area contributed by atoms with Gasteiger partial charge in [-0.3, -0.25) is 4.90 Å². The Morgan fingerprint density at radius 2 is 1.60 bits per heavy atom. The molecule has 7 heteroatoms. The second kappa shape index (κ2) is 8.21. The SMILES string of the molecule is CC(C)[C@@H](C)N(Cc1ccco1)Cc1ccc(CN(C)S(C)(=O)=O)o1. The molecule has 6 nitrogen and oxygen atoms in total. The lowest BCUT2D eigenvalue weighted by Gasteiger charge is -2.30. The Morgan fingerprint density at radius 3 is 2.12 bits per heavy atom. The molecule has 0 spiro atoms. The number of sulfonamides is 1. The van der Waals surface area contributed by atoms with Gasteiger partial charge >= 0.3 is 0 Å². The first-order valence-corrected chi connectivity index (χ1v) is 10.3. The van der Waals surface area contributed by atoms with E-state index >= 15 is 0 Å². The quantitative estimate of drug-likeness (QED) is 0.679. The fourth-order valence-electron chi connectivity index (χ4n) is 2.50. The third-order valence-electron chi connectivity index (χ3n) is 4.50. The number of rotatable bonds is 9. The van der Waals surface area contributed by atoms with Crippen molar-refractivity contribution >= 4 is 10.0 Å². The van der Waals surface area contributed by atoms with E-state index in [-0.39, 0.29) is 6.54 Å². The van der Waals surface area contributed by atoms with Gasteiger partial charge in [0.25, 0.3) is 0 Å². The monoisotopic (exact) mass is 368 g/mol. The van der Waals surface area contributed by atoms with Crippen LogP contribution < -0.4 is 0 Å². The highest BCUT2D eigenvalue weighted by Crippen LogP contribution is 2.20. The topological polar surface area (TPSA) is 66.9 Å². The summed E-state index contributed by atoms with van der Waals surface area (Å²) >= 11 is 0. The van der Waals surface area contributed by atoms with Crippen molar-refractivity contribution in [2.75, 3.05) is 13.3 Å². The van der Waals surface area contributed by atoms with Gasteiger partial charge in [0.1, 0.15) is 17.3 Å². The zero-order valence-corrected chi connectivity index (χ0v) is 16.4. The zero-order valence-electron chi connectivity index (χ0n) is 15.6. The molecule has 0 amide bonds. The largest absolute Gasteiger partial charge is 0.468 e. The molecule has 0 aliphatic carbocycles. The minimum absolute atomic E-state index is 0.233. The second-order valence-corrected chi connectivity index (χ2v) is 8.95. The molecule has 2 rings (SSSR count). The highest BCUT2D eigenvalue weighted by molar-refractivity contribution is 7.88. The first kappa shape index (κ1) is 19.8. The smallest absolute Gasteiger partial charge is 0.211 e. The highest BCUT2D eigenvalue weighted by atomic mass is 32.2. The van der Waals surface area contributed by atoms with Gasteiger partial charge in [-0.05, 0) is 37.1 Å². The van der Waals surface area contributed by atoms with Gasteiger partial charge in [-0.15, -0.1) is 0 Å². The minimum Gasteiger partial charge on any atom is -0.468 e. The number of nitrogens with zero attached hydrogens (tertiary/aromatic N) is 2. The number of furan rings is 2. The molecular formula is C18H28N2O4S. The summed E-state index contributed by atoms with van der Waals surface area (Å²) in [7, 11) is -1.68. The summed E-state index contributed by atoms with van der Waals surface area (Å²) < 4.78 is 35.7. The maximum atomic E-state index is 11.5. The molecule has 1 atom stereocenters. The molecule has 0 saturated carbocycles. The molecule has 0 fully saturated rings. The van der Waals surface area contributed by atoms with Gasteiger partial charge < -0.3 is 8.83 Å². The van der Waals surface area contributed by atoms with E-state index in [0.29, 0.717) is 30.8 Å².